The fourth-order valence-corrected chi connectivity index (χ4v) is 3.62. The lowest BCUT2D eigenvalue weighted by molar-refractivity contribution is -0.116. The molecule has 8 heteroatoms. The molecule has 0 radical (unpaired) electrons. The van der Waals surface area contributed by atoms with Gasteiger partial charge in [-0.1, -0.05) is 0 Å². The summed E-state index contributed by atoms with van der Waals surface area (Å²) in [6, 6.07) is 7.31. The molecule has 0 fully saturated rings. The van der Waals surface area contributed by atoms with E-state index in [2.05, 4.69) is 10.6 Å². The van der Waals surface area contributed by atoms with Crippen molar-refractivity contribution in [2.24, 2.45) is 0 Å². The van der Waals surface area contributed by atoms with Gasteiger partial charge in [-0.3, -0.25) is 4.79 Å². The van der Waals surface area contributed by atoms with Crippen LogP contribution in [0.2, 0.25) is 0 Å². The molecule has 0 bridgehead atoms. The second kappa shape index (κ2) is 8.29. The summed E-state index contributed by atoms with van der Waals surface area (Å²) in [6.07, 6.45) is 0. The summed E-state index contributed by atoms with van der Waals surface area (Å²) in [6.45, 7) is 5.33. The first kappa shape index (κ1) is 19.9. The molecule has 2 rings (SSSR count). The van der Waals surface area contributed by atoms with E-state index >= 15 is 0 Å². The van der Waals surface area contributed by atoms with Crippen LogP contribution in [0.3, 0.4) is 0 Å². The SMILES string of the molecule is COC(=O)c1c(NC(=S)Nc2ccc(N(C)C(C)=O)cc2)sc(C)c1C. The monoisotopic (exact) mass is 391 g/mol. The van der Waals surface area contributed by atoms with Gasteiger partial charge in [0.15, 0.2) is 5.11 Å². The molecule has 6 nitrogen and oxygen atoms in total. The zero-order valence-electron chi connectivity index (χ0n) is 15.3. The number of benzene rings is 1. The van der Waals surface area contributed by atoms with Crippen molar-refractivity contribution in [2.75, 3.05) is 29.7 Å². The van der Waals surface area contributed by atoms with Crippen molar-refractivity contribution in [3.8, 4) is 0 Å². The van der Waals surface area contributed by atoms with Crippen molar-refractivity contribution in [3.05, 3.63) is 40.3 Å². The molecule has 0 aliphatic heterocycles. The second-order valence-electron chi connectivity index (χ2n) is 5.68. The van der Waals surface area contributed by atoms with E-state index in [0.717, 1.165) is 21.8 Å². The smallest absolute Gasteiger partial charge is 0.341 e. The van der Waals surface area contributed by atoms with Crippen molar-refractivity contribution in [2.45, 2.75) is 20.8 Å². The Morgan fingerprint density at radius 2 is 1.77 bits per heavy atom. The lowest BCUT2D eigenvalue weighted by Crippen LogP contribution is -2.23. The average molecular weight is 392 g/mol. The van der Waals surface area contributed by atoms with Gasteiger partial charge in [0.2, 0.25) is 5.91 Å². The lowest BCUT2D eigenvalue weighted by atomic mass is 10.1. The largest absolute Gasteiger partial charge is 0.465 e. The molecule has 0 unspecified atom stereocenters. The number of thiocarbonyl (C=S) groups is 1. The first-order valence-electron chi connectivity index (χ1n) is 7.85. The van der Waals surface area contributed by atoms with Gasteiger partial charge in [0, 0.05) is 30.2 Å². The van der Waals surface area contributed by atoms with Crippen LogP contribution < -0.4 is 15.5 Å². The van der Waals surface area contributed by atoms with Gasteiger partial charge in [-0.2, -0.15) is 0 Å². The standard InChI is InChI=1S/C18H21N3O3S2/c1-10-11(2)26-16(15(10)17(23)24-5)20-18(25)19-13-6-8-14(9-7-13)21(4)12(3)22/h6-9H,1-5H3,(H2,19,20,25). The molecule has 0 spiro atoms. The fraction of sp³-hybridized carbons (Fsp3) is 0.278. The molecule has 138 valence electrons. The fourth-order valence-electron chi connectivity index (χ4n) is 2.28. The second-order valence-corrected chi connectivity index (χ2v) is 7.32. The molecular formula is C18H21N3O3S2. The predicted molar refractivity (Wildman–Crippen MR) is 111 cm³/mol. The van der Waals surface area contributed by atoms with Crippen LogP contribution in [0.15, 0.2) is 24.3 Å². The highest BCUT2D eigenvalue weighted by Crippen LogP contribution is 2.33. The van der Waals surface area contributed by atoms with Gasteiger partial charge >= 0.3 is 5.97 Å². The Kier molecular flexibility index (Phi) is 6.33. The quantitative estimate of drug-likeness (QED) is 0.608. The Hall–Kier alpha value is -2.45. The van der Waals surface area contributed by atoms with Crippen LogP contribution in [0.4, 0.5) is 16.4 Å². The summed E-state index contributed by atoms with van der Waals surface area (Å²) >= 11 is 6.80. The summed E-state index contributed by atoms with van der Waals surface area (Å²) in [4.78, 5) is 26.0. The maximum Gasteiger partial charge on any atom is 0.341 e. The van der Waals surface area contributed by atoms with Crippen LogP contribution in [0.5, 0.6) is 0 Å². The van der Waals surface area contributed by atoms with Gasteiger partial charge in [-0.15, -0.1) is 11.3 Å². The van der Waals surface area contributed by atoms with Gasteiger partial charge in [0.1, 0.15) is 5.00 Å². The zero-order chi connectivity index (χ0) is 19.4. The third kappa shape index (κ3) is 4.39. The number of carbonyl (C=O) groups is 2. The average Bonchev–Trinajstić information content (AvgIpc) is 2.87. The highest BCUT2D eigenvalue weighted by Gasteiger charge is 2.20. The molecule has 0 saturated carbocycles. The molecule has 1 amide bonds. The van der Waals surface area contributed by atoms with Crippen LogP contribution >= 0.6 is 23.6 Å². The van der Waals surface area contributed by atoms with Crippen LogP contribution in [-0.2, 0) is 9.53 Å². The number of nitrogens with zero attached hydrogens (tertiary/aromatic N) is 1. The van der Waals surface area contributed by atoms with Gasteiger partial charge in [0.25, 0.3) is 0 Å². The van der Waals surface area contributed by atoms with E-state index in [-0.39, 0.29) is 5.91 Å². The number of anilines is 3. The third-order valence-electron chi connectivity index (χ3n) is 3.99. The molecule has 0 atom stereocenters. The Bertz CT molecular complexity index is 844. The number of thiophene rings is 1. The van der Waals surface area contributed by atoms with Crippen molar-refractivity contribution in [1.82, 2.24) is 0 Å². The number of carbonyl (C=O) groups excluding carboxylic acids is 2. The third-order valence-corrected chi connectivity index (χ3v) is 5.31. The first-order valence-corrected chi connectivity index (χ1v) is 9.07. The minimum Gasteiger partial charge on any atom is -0.465 e. The molecular weight excluding hydrogens is 370 g/mol. The maximum atomic E-state index is 12.0. The number of hydrogen-bond acceptors (Lipinski definition) is 5. The Balaban J connectivity index is 2.11. The summed E-state index contributed by atoms with van der Waals surface area (Å²) in [5.74, 6) is -0.435. The van der Waals surface area contributed by atoms with E-state index in [9.17, 15) is 9.59 Å². The van der Waals surface area contributed by atoms with Crippen molar-refractivity contribution in [3.63, 3.8) is 0 Å². The molecule has 0 saturated heterocycles. The number of methoxy groups -OCH3 is 1. The lowest BCUT2D eigenvalue weighted by Gasteiger charge is -2.16. The molecule has 0 aliphatic rings. The number of amides is 1. The van der Waals surface area contributed by atoms with Crippen LogP contribution in [0, 0.1) is 13.8 Å². The van der Waals surface area contributed by atoms with E-state index in [1.165, 1.54) is 25.4 Å². The zero-order valence-corrected chi connectivity index (χ0v) is 16.9. The molecule has 2 aromatic rings. The number of hydrogen-bond donors (Lipinski definition) is 2. The number of ether oxygens (including phenoxy) is 1. The van der Waals surface area contributed by atoms with Crippen molar-refractivity contribution < 1.29 is 14.3 Å². The minimum absolute atomic E-state index is 0.0401. The van der Waals surface area contributed by atoms with E-state index in [0.29, 0.717) is 15.7 Å². The Morgan fingerprint density at radius 1 is 1.15 bits per heavy atom. The summed E-state index contributed by atoms with van der Waals surface area (Å²) in [5, 5.41) is 7.15. The molecule has 26 heavy (non-hydrogen) atoms. The van der Waals surface area contributed by atoms with E-state index in [1.807, 2.05) is 38.1 Å². The van der Waals surface area contributed by atoms with Gasteiger partial charge in [-0.25, -0.2) is 4.79 Å². The molecule has 1 aromatic heterocycles. The van der Waals surface area contributed by atoms with Gasteiger partial charge in [-0.05, 0) is 55.9 Å². The summed E-state index contributed by atoms with van der Waals surface area (Å²) in [5.41, 5.74) is 2.94. The number of esters is 1. The molecule has 1 heterocycles. The number of nitrogens with one attached hydrogen (secondary N) is 2. The van der Waals surface area contributed by atoms with Crippen LogP contribution in [-0.4, -0.2) is 31.1 Å². The van der Waals surface area contributed by atoms with Crippen molar-refractivity contribution in [1.29, 1.82) is 0 Å². The van der Waals surface area contributed by atoms with Crippen LogP contribution in [0.1, 0.15) is 27.7 Å². The van der Waals surface area contributed by atoms with Gasteiger partial charge < -0.3 is 20.3 Å². The molecule has 1 aromatic carbocycles. The highest BCUT2D eigenvalue weighted by molar-refractivity contribution is 7.80. The first-order chi connectivity index (χ1) is 12.2. The maximum absolute atomic E-state index is 12.0. The number of rotatable bonds is 4. The summed E-state index contributed by atoms with van der Waals surface area (Å²) < 4.78 is 4.86. The van der Waals surface area contributed by atoms with Crippen molar-refractivity contribution >= 4 is 56.9 Å². The molecule has 0 aliphatic carbocycles. The van der Waals surface area contributed by atoms with Gasteiger partial charge in [0.05, 0.1) is 12.7 Å². The van der Waals surface area contributed by atoms with E-state index < -0.39 is 5.97 Å². The normalized spacial score (nSPS) is 10.2. The van der Waals surface area contributed by atoms with E-state index in [4.69, 9.17) is 17.0 Å². The minimum atomic E-state index is -0.395. The number of aryl methyl sites for hydroxylation is 1. The summed E-state index contributed by atoms with van der Waals surface area (Å²) in [7, 11) is 3.07. The van der Waals surface area contributed by atoms with E-state index in [1.54, 1.807) is 11.9 Å². The Labute approximate surface area is 162 Å². The molecule has 2 N–H and O–H groups in total. The van der Waals surface area contributed by atoms with Crippen LogP contribution in [0.25, 0.3) is 0 Å². The topological polar surface area (TPSA) is 70.7 Å². The predicted octanol–water partition coefficient (Wildman–Crippen LogP) is 3.94. The Morgan fingerprint density at radius 3 is 2.31 bits per heavy atom. The highest BCUT2D eigenvalue weighted by atomic mass is 32.1.